The highest BCUT2D eigenvalue weighted by molar-refractivity contribution is 7.98. The Morgan fingerprint density at radius 2 is 1.94 bits per heavy atom. The third-order valence-corrected chi connectivity index (χ3v) is 3.40. The van der Waals surface area contributed by atoms with Gasteiger partial charge in [0, 0.05) is 17.9 Å². The lowest BCUT2D eigenvalue weighted by Crippen LogP contribution is -2.36. The van der Waals surface area contributed by atoms with Gasteiger partial charge in [-0.3, -0.25) is 0 Å². The molecule has 0 aromatic carbocycles. The van der Waals surface area contributed by atoms with Gasteiger partial charge in [0.25, 0.3) is 0 Å². The number of anilines is 2. The summed E-state index contributed by atoms with van der Waals surface area (Å²) < 4.78 is 0. The van der Waals surface area contributed by atoms with Crippen molar-refractivity contribution in [1.82, 2.24) is 9.97 Å². The minimum Gasteiger partial charge on any atom is -0.387 e. The number of hydrazine groups is 1. The van der Waals surface area contributed by atoms with Gasteiger partial charge in [-0.05, 0) is 27.0 Å². The Morgan fingerprint density at radius 3 is 2.50 bits per heavy atom. The summed E-state index contributed by atoms with van der Waals surface area (Å²) in [4.78, 5) is 8.49. The van der Waals surface area contributed by atoms with Crippen molar-refractivity contribution in [2.24, 2.45) is 5.84 Å². The summed E-state index contributed by atoms with van der Waals surface area (Å²) >= 11 is 1.60. The van der Waals surface area contributed by atoms with Crippen LogP contribution in [0.5, 0.6) is 0 Å². The number of nitrogen functional groups attached to an aromatic ring is 1. The van der Waals surface area contributed by atoms with Crippen LogP contribution >= 0.6 is 11.8 Å². The number of nitrogens with zero attached hydrogens (tertiary/aromatic N) is 2. The van der Waals surface area contributed by atoms with E-state index in [1.807, 2.05) is 13.2 Å². The summed E-state index contributed by atoms with van der Waals surface area (Å²) in [5, 5.41) is 13.2. The second kappa shape index (κ2) is 6.21. The SMILES string of the molecule is CSCC(C)(O)CNc1nc(C)nc(NN)c1C. The molecule has 18 heavy (non-hydrogen) atoms. The van der Waals surface area contributed by atoms with Gasteiger partial charge in [-0.1, -0.05) is 0 Å². The standard InChI is InChI=1S/C11H21N5OS/c1-7-9(13-5-11(3,17)6-18-4)14-8(2)15-10(7)16-12/h17H,5-6,12H2,1-4H3,(H2,13,14,15,16). The number of aliphatic hydroxyl groups is 1. The second-order valence-corrected chi connectivity index (χ2v) is 5.39. The van der Waals surface area contributed by atoms with E-state index in [2.05, 4.69) is 20.7 Å². The predicted molar refractivity (Wildman–Crippen MR) is 76.8 cm³/mol. The number of nitrogens with one attached hydrogen (secondary N) is 2. The van der Waals surface area contributed by atoms with Crippen molar-refractivity contribution in [1.29, 1.82) is 0 Å². The lowest BCUT2D eigenvalue weighted by Gasteiger charge is -2.23. The molecule has 0 fully saturated rings. The summed E-state index contributed by atoms with van der Waals surface area (Å²) in [7, 11) is 0. The number of hydrogen-bond donors (Lipinski definition) is 4. The molecule has 0 aliphatic heterocycles. The number of aryl methyl sites for hydroxylation is 1. The zero-order chi connectivity index (χ0) is 13.8. The van der Waals surface area contributed by atoms with E-state index in [1.54, 1.807) is 25.6 Å². The molecule has 0 amide bonds. The van der Waals surface area contributed by atoms with Crippen LogP contribution in [0.1, 0.15) is 18.3 Å². The molecule has 0 saturated carbocycles. The van der Waals surface area contributed by atoms with Crippen LogP contribution in [0.25, 0.3) is 0 Å². The Balaban J connectivity index is 2.82. The molecule has 0 saturated heterocycles. The maximum absolute atomic E-state index is 10.1. The zero-order valence-corrected chi connectivity index (χ0v) is 12.1. The molecule has 0 aliphatic carbocycles. The van der Waals surface area contributed by atoms with Crippen molar-refractivity contribution in [3.63, 3.8) is 0 Å². The first-order chi connectivity index (χ1) is 8.39. The maximum atomic E-state index is 10.1. The number of aromatic nitrogens is 2. The lowest BCUT2D eigenvalue weighted by atomic mass is 10.1. The molecule has 1 heterocycles. The van der Waals surface area contributed by atoms with Gasteiger partial charge < -0.3 is 15.8 Å². The highest BCUT2D eigenvalue weighted by Gasteiger charge is 2.20. The third kappa shape index (κ3) is 4.01. The quantitative estimate of drug-likeness (QED) is 0.451. The van der Waals surface area contributed by atoms with Crippen LogP contribution < -0.4 is 16.6 Å². The van der Waals surface area contributed by atoms with Gasteiger partial charge in [0.05, 0.1) is 5.60 Å². The van der Waals surface area contributed by atoms with Crippen molar-refractivity contribution in [2.45, 2.75) is 26.4 Å². The van der Waals surface area contributed by atoms with Crippen LogP contribution in [0, 0.1) is 13.8 Å². The Hall–Kier alpha value is -1.05. The molecule has 1 rings (SSSR count). The molecule has 0 bridgehead atoms. The minimum absolute atomic E-state index is 0.426. The Labute approximate surface area is 112 Å². The van der Waals surface area contributed by atoms with Gasteiger partial charge in [-0.15, -0.1) is 0 Å². The number of hydrogen-bond acceptors (Lipinski definition) is 7. The molecule has 6 nitrogen and oxygen atoms in total. The van der Waals surface area contributed by atoms with Gasteiger partial charge in [0.2, 0.25) is 0 Å². The van der Waals surface area contributed by atoms with Crippen molar-refractivity contribution < 1.29 is 5.11 Å². The van der Waals surface area contributed by atoms with Gasteiger partial charge in [0.15, 0.2) is 0 Å². The molecule has 1 aromatic heterocycles. The first-order valence-electron chi connectivity index (χ1n) is 5.66. The van der Waals surface area contributed by atoms with E-state index in [1.165, 1.54) is 0 Å². The van der Waals surface area contributed by atoms with E-state index in [0.29, 0.717) is 29.8 Å². The molecule has 0 radical (unpaired) electrons. The Kier molecular flexibility index (Phi) is 5.18. The van der Waals surface area contributed by atoms with Gasteiger partial charge in [-0.2, -0.15) is 11.8 Å². The van der Waals surface area contributed by atoms with E-state index in [9.17, 15) is 5.11 Å². The third-order valence-electron chi connectivity index (χ3n) is 2.49. The van der Waals surface area contributed by atoms with Crippen LogP contribution in [0.4, 0.5) is 11.6 Å². The topological polar surface area (TPSA) is 96.1 Å². The normalized spacial score (nSPS) is 14.1. The first kappa shape index (κ1) is 15.0. The highest BCUT2D eigenvalue weighted by Crippen LogP contribution is 2.20. The monoisotopic (exact) mass is 271 g/mol. The molecule has 0 spiro atoms. The molecule has 7 heteroatoms. The van der Waals surface area contributed by atoms with Gasteiger partial charge in [0.1, 0.15) is 17.5 Å². The molecule has 1 unspecified atom stereocenters. The van der Waals surface area contributed by atoms with Crippen molar-refractivity contribution >= 4 is 23.4 Å². The van der Waals surface area contributed by atoms with Crippen molar-refractivity contribution in [3.8, 4) is 0 Å². The van der Waals surface area contributed by atoms with E-state index < -0.39 is 5.60 Å². The smallest absolute Gasteiger partial charge is 0.148 e. The molecule has 1 atom stereocenters. The second-order valence-electron chi connectivity index (χ2n) is 4.52. The van der Waals surface area contributed by atoms with Crippen LogP contribution in [-0.2, 0) is 0 Å². The molecule has 1 aromatic rings. The average Bonchev–Trinajstić information content (AvgIpc) is 2.29. The Bertz CT molecular complexity index is 411. The first-order valence-corrected chi connectivity index (χ1v) is 7.06. The number of rotatable bonds is 6. The minimum atomic E-state index is -0.777. The summed E-state index contributed by atoms with van der Waals surface area (Å²) in [6, 6.07) is 0. The summed E-state index contributed by atoms with van der Waals surface area (Å²) in [5.74, 6) is 7.96. The summed E-state index contributed by atoms with van der Waals surface area (Å²) in [5.41, 5.74) is 2.60. The van der Waals surface area contributed by atoms with E-state index >= 15 is 0 Å². The summed E-state index contributed by atoms with van der Waals surface area (Å²) in [6.07, 6.45) is 1.96. The van der Waals surface area contributed by atoms with E-state index in [-0.39, 0.29) is 0 Å². The lowest BCUT2D eigenvalue weighted by molar-refractivity contribution is 0.0996. The van der Waals surface area contributed by atoms with Crippen molar-refractivity contribution in [2.75, 3.05) is 29.3 Å². The van der Waals surface area contributed by atoms with E-state index in [4.69, 9.17) is 5.84 Å². The van der Waals surface area contributed by atoms with Crippen LogP contribution in [0.2, 0.25) is 0 Å². The van der Waals surface area contributed by atoms with Crippen molar-refractivity contribution in [3.05, 3.63) is 11.4 Å². The fourth-order valence-electron chi connectivity index (χ4n) is 1.58. The molecule has 0 aliphatic rings. The molecule has 5 N–H and O–H groups in total. The number of thioether (sulfide) groups is 1. The van der Waals surface area contributed by atoms with E-state index in [0.717, 1.165) is 5.56 Å². The van der Waals surface area contributed by atoms with Crippen LogP contribution in [0.15, 0.2) is 0 Å². The van der Waals surface area contributed by atoms with Gasteiger partial charge >= 0.3 is 0 Å². The summed E-state index contributed by atoms with van der Waals surface area (Å²) in [6.45, 7) is 5.89. The number of nitrogens with two attached hydrogens (primary N) is 1. The largest absolute Gasteiger partial charge is 0.387 e. The predicted octanol–water partition coefficient (Wildman–Crippen LogP) is 0.905. The molecule has 102 valence electrons. The van der Waals surface area contributed by atoms with Gasteiger partial charge in [-0.25, -0.2) is 15.8 Å². The molecular weight excluding hydrogens is 250 g/mol. The fraction of sp³-hybridized carbons (Fsp3) is 0.636. The zero-order valence-electron chi connectivity index (χ0n) is 11.2. The Morgan fingerprint density at radius 1 is 1.33 bits per heavy atom. The van der Waals surface area contributed by atoms with Crippen LogP contribution in [-0.4, -0.2) is 39.2 Å². The molecular formula is C11H21N5OS. The fourth-order valence-corrected chi connectivity index (χ4v) is 2.30. The van der Waals surface area contributed by atoms with Crippen LogP contribution in [0.3, 0.4) is 0 Å². The maximum Gasteiger partial charge on any atom is 0.148 e. The average molecular weight is 271 g/mol. The highest BCUT2D eigenvalue weighted by atomic mass is 32.2.